The van der Waals surface area contributed by atoms with Crippen molar-refractivity contribution in [2.75, 3.05) is 5.32 Å². The average Bonchev–Trinajstić information content (AvgIpc) is 3.46. The number of fused-ring (bicyclic) bond motifs is 1. The van der Waals surface area contributed by atoms with Gasteiger partial charge in [-0.15, -0.1) is 10.2 Å². The van der Waals surface area contributed by atoms with E-state index in [9.17, 15) is 4.79 Å². The van der Waals surface area contributed by atoms with E-state index in [1.165, 1.54) is 11.3 Å². The van der Waals surface area contributed by atoms with Crippen LogP contribution in [0, 0.1) is 6.92 Å². The predicted molar refractivity (Wildman–Crippen MR) is 131 cm³/mol. The van der Waals surface area contributed by atoms with Gasteiger partial charge in [0.15, 0.2) is 5.65 Å². The van der Waals surface area contributed by atoms with Crippen LogP contribution < -0.4 is 5.32 Å². The lowest BCUT2D eigenvalue weighted by Crippen LogP contribution is -2.13. The Labute approximate surface area is 195 Å². The van der Waals surface area contributed by atoms with Gasteiger partial charge in [-0.3, -0.25) is 10.1 Å². The lowest BCUT2D eigenvalue weighted by atomic mass is 10.1. The molecule has 7 nitrogen and oxygen atoms in total. The molecule has 1 amide bonds. The zero-order valence-electron chi connectivity index (χ0n) is 18.5. The van der Waals surface area contributed by atoms with Crippen LogP contribution in [-0.2, 0) is 0 Å². The van der Waals surface area contributed by atoms with Crippen LogP contribution in [0.4, 0.5) is 5.13 Å². The Kier molecular flexibility index (Phi) is 5.43. The second kappa shape index (κ2) is 8.55. The van der Waals surface area contributed by atoms with Gasteiger partial charge in [0.25, 0.3) is 5.91 Å². The van der Waals surface area contributed by atoms with Crippen molar-refractivity contribution in [2.45, 2.75) is 26.8 Å². The first kappa shape index (κ1) is 21.0. The van der Waals surface area contributed by atoms with Crippen LogP contribution in [0.15, 0.2) is 66.9 Å². The number of nitrogens with zero attached hydrogens (tertiary/aromatic N) is 5. The van der Waals surface area contributed by atoms with Crippen LogP contribution in [0.2, 0.25) is 0 Å². The first-order valence-electron chi connectivity index (χ1n) is 10.6. The molecule has 0 spiro atoms. The highest BCUT2D eigenvalue weighted by atomic mass is 32.1. The lowest BCUT2D eigenvalue weighted by molar-refractivity contribution is 0.102. The number of aromatic nitrogens is 5. The van der Waals surface area contributed by atoms with Crippen molar-refractivity contribution in [3.63, 3.8) is 0 Å². The maximum absolute atomic E-state index is 13.4. The molecule has 0 radical (unpaired) electrons. The third kappa shape index (κ3) is 4.12. The summed E-state index contributed by atoms with van der Waals surface area (Å²) in [5, 5.41) is 17.7. The minimum atomic E-state index is -0.269. The second-order valence-corrected chi connectivity index (χ2v) is 9.05. The van der Waals surface area contributed by atoms with Crippen molar-refractivity contribution in [3.05, 3.63) is 78.0 Å². The number of anilines is 1. The number of hydrogen-bond donors (Lipinski definition) is 1. The van der Waals surface area contributed by atoms with Gasteiger partial charge in [0.1, 0.15) is 5.01 Å². The largest absolute Gasteiger partial charge is 0.296 e. The van der Waals surface area contributed by atoms with Gasteiger partial charge >= 0.3 is 0 Å². The molecule has 0 unspecified atom stereocenters. The molecule has 0 saturated carbocycles. The minimum absolute atomic E-state index is 0.107. The van der Waals surface area contributed by atoms with Crippen molar-refractivity contribution in [1.82, 2.24) is 25.0 Å². The van der Waals surface area contributed by atoms with E-state index in [1.54, 1.807) is 6.20 Å². The number of pyridine rings is 1. The number of benzene rings is 2. The summed E-state index contributed by atoms with van der Waals surface area (Å²) in [6.07, 6.45) is 1.70. The van der Waals surface area contributed by atoms with Crippen molar-refractivity contribution >= 4 is 33.4 Å². The van der Waals surface area contributed by atoms with Gasteiger partial charge in [0.05, 0.1) is 22.8 Å². The molecule has 0 aliphatic rings. The summed E-state index contributed by atoms with van der Waals surface area (Å²) in [5.41, 5.74) is 4.96. The van der Waals surface area contributed by atoms with E-state index in [2.05, 4.69) is 20.6 Å². The number of nitrogens with one attached hydrogen (secondary N) is 1. The third-order valence-corrected chi connectivity index (χ3v) is 6.20. The van der Waals surface area contributed by atoms with Gasteiger partial charge < -0.3 is 0 Å². The maximum atomic E-state index is 13.4. The van der Waals surface area contributed by atoms with Gasteiger partial charge in [-0.2, -0.15) is 5.10 Å². The van der Waals surface area contributed by atoms with E-state index in [0.29, 0.717) is 21.7 Å². The highest BCUT2D eigenvalue weighted by Gasteiger charge is 2.20. The SMILES string of the molecule is Cc1ccc(-c2cc(C(=O)Nc3nnc(-c4ccccc4)s3)c3cnn(C(C)C)c3n2)cc1. The molecule has 3 heterocycles. The number of rotatable bonds is 5. The quantitative estimate of drug-likeness (QED) is 0.365. The van der Waals surface area contributed by atoms with Crippen LogP contribution in [0.5, 0.6) is 0 Å². The number of carbonyl (C=O) groups excluding carboxylic acids is 1. The van der Waals surface area contributed by atoms with Crippen molar-refractivity contribution in [2.24, 2.45) is 0 Å². The Morgan fingerprint density at radius 1 is 1.00 bits per heavy atom. The molecule has 1 N–H and O–H groups in total. The highest BCUT2D eigenvalue weighted by Crippen LogP contribution is 2.29. The van der Waals surface area contributed by atoms with Crippen molar-refractivity contribution in [3.8, 4) is 21.8 Å². The molecule has 8 heteroatoms. The van der Waals surface area contributed by atoms with E-state index in [0.717, 1.165) is 27.4 Å². The predicted octanol–water partition coefficient (Wildman–Crippen LogP) is 5.76. The second-order valence-electron chi connectivity index (χ2n) is 8.07. The number of aryl methyl sites for hydroxylation is 1. The molecule has 0 aliphatic carbocycles. The Morgan fingerprint density at radius 3 is 2.48 bits per heavy atom. The van der Waals surface area contributed by atoms with Crippen LogP contribution >= 0.6 is 11.3 Å². The highest BCUT2D eigenvalue weighted by molar-refractivity contribution is 7.18. The summed E-state index contributed by atoms with van der Waals surface area (Å²) in [5.74, 6) is -0.269. The van der Waals surface area contributed by atoms with Crippen molar-refractivity contribution in [1.29, 1.82) is 0 Å². The number of amides is 1. The minimum Gasteiger partial charge on any atom is -0.296 e. The van der Waals surface area contributed by atoms with E-state index in [1.807, 2.05) is 86.1 Å². The summed E-state index contributed by atoms with van der Waals surface area (Å²) >= 11 is 1.34. The monoisotopic (exact) mass is 454 g/mol. The van der Waals surface area contributed by atoms with Gasteiger partial charge in [-0.1, -0.05) is 71.5 Å². The molecule has 5 aromatic rings. The zero-order valence-corrected chi connectivity index (χ0v) is 19.3. The molecule has 33 heavy (non-hydrogen) atoms. The summed E-state index contributed by atoms with van der Waals surface area (Å²) < 4.78 is 1.84. The molecule has 5 rings (SSSR count). The molecule has 2 aromatic carbocycles. The maximum Gasteiger partial charge on any atom is 0.258 e. The number of hydrogen-bond acceptors (Lipinski definition) is 6. The Bertz CT molecular complexity index is 1440. The normalized spacial score (nSPS) is 11.3. The molecule has 0 saturated heterocycles. The smallest absolute Gasteiger partial charge is 0.258 e. The topological polar surface area (TPSA) is 85.6 Å². The van der Waals surface area contributed by atoms with Crippen LogP contribution in [0.1, 0.15) is 35.8 Å². The van der Waals surface area contributed by atoms with Gasteiger partial charge in [-0.25, -0.2) is 9.67 Å². The summed E-state index contributed by atoms with van der Waals surface area (Å²) in [6.45, 7) is 6.12. The molecule has 0 fully saturated rings. The summed E-state index contributed by atoms with van der Waals surface area (Å²) in [7, 11) is 0. The van der Waals surface area contributed by atoms with Crippen LogP contribution in [-0.4, -0.2) is 30.9 Å². The summed E-state index contributed by atoms with van der Waals surface area (Å²) in [4.78, 5) is 18.2. The van der Waals surface area contributed by atoms with Crippen LogP contribution in [0.25, 0.3) is 32.9 Å². The zero-order chi connectivity index (χ0) is 22.9. The van der Waals surface area contributed by atoms with Gasteiger partial charge in [0, 0.05) is 17.2 Å². The van der Waals surface area contributed by atoms with Crippen LogP contribution in [0.3, 0.4) is 0 Å². The fourth-order valence-corrected chi connectivity index (χ4v) is 4.34. The fraction of sp³-hybridized carbons (Fsp3) is 0.160. The summed E-state index contributed by atoms with van der Waals surface area (Å²) in [6, 6.07) is 19.8. The average molecular weight is 455 g/mol. The van der Waals surface area contributed by atoms with E-state index >= 15 is 0 Å². The fourth-order valence-electron chi connectivity index (χ4n) is 3.59. The Balaban J connectivity index is 1.54. The standard InChI is InChI=1S/C25H22N6OS/c1-15(2)31-22-20(14-26-31)19(13-21(27-22)17-11-9-16(3)10-12-17)23(32)28-25-30-29-24(33-25)18-7-5-4-6-8-18/h4-15H,1-3H3,(H,28,30,32). The number of carbonyl (C=O) groups is 1. The van der Waals surface area contributed by atoms with Gasteiger partial charge in [-0.05, 0) is 26.8 Å². The molecule has 0 aliphatic heterocycles. The first-order valence-corrected chi connectivity index (χ1v) is 11.5. The Morgan fingerprint density at radius 2 is 1.76 bits per heavy atom. The molecular formula is C25H22N6OS. The molecule has 3 aromatic heterocycles. The van der Waals surface area contributed by atoms with Gasteiger partial charge in [0.2, 0.25) is 5.13 Å². The van der Waals surface area contributed by atoms with E-state index in [-0.39, 0.29) is 11.9 Å². The molecule has 164 valence electrons. The molecule has 0 atom stereocenters. The third-order valence-electron chi connectivity index (χ3n) is 5.31. The molecular weight excluding hydrogens is 432 g/mol. The van der Waals surface area contributed by atoms with E-state index in [4.69, 9.17) is 4.98 Å². The van der Waals surface area contributed by atoms with Crippen molar-refractivity contribution < 1.29 is 4.79 Å². The lowest BCUT2D eigenvalue weighted by Gasteiger charge is -2.10. The first-order chi connectivity index (χ1) is 16.0. The van der Waals surface area contributed by atoms with E-state index < -0.39 is 0 Å². The Hall–Kier alpha value is -3.91. The molecule has 0 bridgehead atoms.